The Balaban J connectivity index is 0.00000242. The third-order valence-electron chi connectivity index (χ3n) is 4.17. The van der Waals surface area contributed by atoms with Gasteiger partial charge < -0.3 is 5.32 Å². The number of hydrogen-bond donors (Lipinski definition) is 1. The molecule has 0 amide bonds. The Bertz CT molecular complexity index is 455. The summed E-state index contributed by atoms with van der Waals surface area (Å²) in [4.78, 5) is 2.19. The first kappa shape index (κ1) is 22.5. The van der Waals surface area contributed by atoms with Gasteiger partial charge in [0.25, 0.3) is 0 Å². The molecule has 2 nitrogen and oxygen atoms in total. The smallest absolute Gasteiger partial charge is 0.314 e. The van der Waals surface area contributed by atoms with Gasteiger partial charge in [0, 0.05) is 38.6 Å². The minimum absolute atomic E-state index is 0. The van der Waals surface area contributed by atoms with Crippen molar-refractivity contribution in [1.29, 1.82) is 0 Å². The number of piperazine rings is 1. The maximum Gasteiger partial charge on any atom is 0.389 e. The van der Waals surface area contributed by atoms with Crippen LogP contribution in [0.2, 0.25) is 0 Å². The maximum absolute atomic E-state index is 12.7. The molecule has 0 aliphatic carbocycles. The van der Waals surface area contributed by atoms with Gasteiger partial charge in [0.15, 0.2) is 0 Å². The molecule has 0 radical (unpaired) electrons. The summed E-state index contributed by atoms with van der Waals surface area (Å²) < 4.78 is 38.0. The fourth-order valence-corrected chi connectivity index (χ4v) is 3.16. The van der Waals surface area contributed by atoms with Crippen molar-refractivity contribution in [3.63, 3.8) is 0 Å². The quantitative estimate of drug-likeness (QED) is 0.840. The van der Waals surface area contributed by atoms with Crippen molar-refractivity contribution in [2.24, 2.45) is 0 Å². The van der Waals surface area contributed by atoms with Crippen LogP contribution < -0.4 is 5.32 Å². The number of alkyl halides is 3. The topological polar surface area (TPSA) is 15.3 Å². The monoisotopic (exact) mass is 372 g/mol. The molecule has 0 bridgehead atoms. The number of benzene rings is 1. The molecular formula is C16H25Cl2F3N2. The molecule has 134 valence electrons. The maximum atomic E-state index is 12.7. The van der Waals surface area contributed by atoms with Crippen LogP contribution in [0.1, 0.15) is 35.6 Å². The van der Waals surface area contributed by atoms with Crippen LogP contribution >= 0.6 is 24.8 Å². The Kier molecular flexibility index (Phi) is 9.51. The molecule has 1 aliphatic rings. The molecule has 1 saturated heterocycles. The highest BCUT2D eigenvalue weighted by atomic mass is 35.5. The van der Waals surface area contributed by atoms with Gasteiger partial charge in [-0.15, -0.1) is 24.8 Å². The minimum atomic E-state index is -4.09. The summed E-state index contributed by atoms with van der Waals surface area (Å²) >= 11 is 0. The van der Waals surface area contributed by atoms with Crippen LogP contribution in [0.5, 0.6) is 0 Å². The van der Waals surface area contributed by atoms with Gasteiger partial charge in [-0.2, -0.15) is 13.2 Å². The normalized spacial score (nSPS) is 17.1. The van der Waals surface area contributed by atoms with Gasteiger partial charge in [-0.05, 0) is 37.0 Å². The molecule has 0 saturated carbocycles. The molecule has 0 spiro atoms. The SMILES string of the molecule is Cc1cccc(C)c1[C@H](CCC(F)(F)F)N1CCNCC1.Cl.Cl. The summed E-state index contributed by atoms with van der Waals surface area (Å²) in [5.74, 6) is 0. The third-order valence-corrected chi connectivity index (χ3v) is 4.17. The zero-order valence-electron chi connectivity index (χ0n) is 13.4. The van der Waals surface area contributed by atoms with Crippen molar-refractivity contribution >= 4 is 24.8 Å². The van der Waals surface area contributed by atoms with Crippen molar-refractivity contribution in [2.75, 3.05) is 26.2 Å². The third kappa shape index (κ3) is 6.49. The Labute approximate surface area is 148 Å². The summed E-state index contributed by atoms with van der Waals surface area (Å²) in [6.45, 7) is 7.27. The Morgan fingerprint density at radius 1 is 1.09 bits per heavy atom. The van der Waals surface area contributed by atoms with Crippen molar-refractivity contribution in [3.8, 4) is 0 Å². The van der Waals surface area contributed by atoms with Crippen LogP contribution in [0.3, 0.4) is 0 Å². The molecule has 0 unspecified atom stereocenters. The van der Waals surface area contributed by atoms with Crippen molar-refractivity contribution < 1.29 is 13.2 Å². The van der Waals surface area contributed by atoms with E-state index in [2.05, 4.69) is 10.2 Å². The van der Waals surface area contributed by atoms with Crippen LogP contribution in [0, 0.1) is 13.8 Å². The van der Waals surface area contributed by atoms with E-state index in [9.17, 15) is 13.2 Å². The number of halogens is 5. The second kappa shape index (κ2) is 9.72. The molecule has 23 heavy (non-hydrogen) atoms. The molecule has 1 N–H and O–H groups in total. The lowest BCUT2D eigenvalue weighted by Crippen LogP contribution is -2.45. The molecular weight excluding hydrogens is 348 g/mol. The van der Waals surface area contributed by atoms with Gasteiger partial charge in [0.05, 0.1) is 0 Å². The van der Waals surface area contributed by atoms with Crippen molar-refractivity contribution in [3.05, 3.63) is 34.9 Å². The predicted molar refractivity (Wildman–Crippen MR) is 92.9 cm³/mol. The van der Waals surface area contributed by atoms with Gasteiger partial charge in [0.2, 0.25) is 0 Å². The number of nitrogens with one attached hydrogen (secondary N) is 1. The highest BCUT2D eigenvalue weighted by Crippen LogP contribution is 2.34. The first-order chi connectivity index (χ1) is 9.88. The van der Waals surface area contributed by atoms with Gasteiger partial charge in [0.1, 0.15) is 0 Å². The van der Waals surface area contributed by atoms with Gasteiger partial charge in [-0.3, -0.25) is 4.90 Å². The Morgan fingerprint density at radius 2 is 1.61 bits per heavy atom. The van der Waals surface area contributed by atoms with Crippen LogP contribution in [0.25, 0.3) is 0 Å². The van der Waals surface area contributed by atoms with Gasteiger partial charge in [-0.1, -0.05) is 18.2 Å². The lowest BCUT2D eigenvalue weighted by atomic mass is 9.91. The van der Waals surface area contributed by atoms with Crippen LogP contribution in [0.15, 0.2) is 18.2 Å². The lowest BCUT2D eigenvalue weighted by molar-refractivity contribution is -0.138. The summed E-state index contributed by atoms with van der Waals surface area (Å²) in [5, 5.41) is 3.26. The average molecular weight is 373 g/mol. The van der Waals surface area contributed by atoms with E-state index in [-0.39, 0.29) is 37.3 Å². The van der Waals surface area contributed by atoms with E-state index in [1.807, 2.05) is 32.0 Å². The molecule has 1 aliphatic heterocycles. The van der Waals surface area contributed by atoms with E-state index in [1.165, 1.54) is 0 Å². The zero-order chi connectivity index (χ0) is 15.5. The van der Waals surface area contributed by atoms with E-state index in [1.54, 1.807) is 0 Å². The number of nitrogens with zero attached hydrogens (tertiary/aromatic N) is 1. The molecule has 0 aromatic heterocycles. The molecule has 1 heterocycles. The zero-order valence-corrected chi connectivity index (χ0v) is 15.1. The molecule has 2 rings (SSSR count). The summed E-state index contributed by atoms with van der Waals surface area (Å²) in [5.41, 5.74) is 3.24. The van der Waals surface area contributed by atoms with Gasteiger partial charge in [-0.25, -0.2) is 0 Å². The van der Waals surface area contributed by atoms with E-state index in [0.29, 0.717) is 0 Å². The van der Waals surface area contributed by atoms with Crippen LogP contribution in [-0.2, 0) is 0 Å². The largest absolute Gasteiger partial charge is 0.389 e. The average Bonchev–Trinajstić information content (AvgIpc) is 2.42. The predicted octanol–water partition coefficient (Wildman–Crippen LogP) is 4.44. The second-order valence-corrected chi connectivity index (χ2v) is 5.76. The highest BCUT2D eigenvalue weighted by Gasteiger charge is 2.32. The number of rotatable bonds is 4. The molecule has 1 aromatic carbocycles. The van der Waals surface area contributed by atoms with E-state index in [4.69, 9.17) is 0 Å². The van der Waals surface area contributed by atoms with Crippen LogP contribution in [0.4, 0.5) is 13.2 Å². The Morgan fingerprint density at radius 3 is 2.09 bits per heavy atom. The van der Waals surface area contributed by atoms with E-state index < -0.39 is 12.6 Å². The molecule has 1 aromatic rings. The minimum Gasteiger partial charge on any atom is -0.314 e. The first-order valence-electron chi connectivity index (χ1n) is 7.46. The lowest BCUT2D eigenvalue weighted by Gasteiger charge is -2.37. The van der Waals surface area contributed by atoms with Gasteiger partial charge >= 0.3 is 6.18 Å². The van der Waals surface area contributed by atoms with Crippen LogP contribution in [-0.4, -0.2) is 37.3 Å². The van der Waals surface area contributed by atoms with E-state index >= 15 is 0 Å². The second-order valence-electron chi connectivity index (χ2n) is 5.76. The standard InChI is InChI=1S/C16H23F3N2.2ClH/c1-12-4-3-5-13(2)15(12)14(6-7-16(17,18)19)21-10-8-20-9-11-21;;/h3-5,14,20H,6-11H2,1-2H3;2*1H/t14-;;/m0../s1. The van der Waals surface area contributed by atoms with E-state index in [0.717, 1.165) is 42.9 Å². The molecule has 1 atom stereocenters. The first-order valence-corrected chi connectivity index (χ1v) is 7.46. The van der Waals surface area contributed by atoms with Crippen molar-refractivity contribution in [1.82, 2.24) is 10.2 Å². The number of aryl methyl sites for hydroxylation is 2. The summed E-state index contributed by atoms with van der Waals surface area (Å²) in [7, 11) is 0. The fourth-order valence-electron chi connectivity index (χ4n) is 3.16. The fraction of sp³-hybridized carbons (Fsp3) is 0.625. The highest BCUT2D eigenvalue weighted by molar-refractivity contribution is 5.85. The number of hydrogen-bond acceptors (Lipinski definition) is 2. The molecule has 7 heteroatoms. The summed E-state index contributed by atoms with van der Waals surface area (Å²) in [6.07, 6.45) is -4.69. The molecule has 1 fully saturated rings. The van der Waals surface area contributed by atoms with Crippen molar-refractivity contribution in [2.45, 2.75) is 38.9 Å². The summed E-state index contributed by atoms with van der Waals surface area (Å²) in [6, 6.07) is 5.80. The Hall–Kier alpha value is -0.490.